The zero-order valence-electron chi connectivity index (χ0n) is 32.6. The molecule has 0 radical (unpaired) electrons. The van der Waals surface area contributed by atoms with E-state index in [9.17, 15) is 28.6 Å². The van der Waals surface area contributed by atoms with E-state index in [1.54, 1.807) is 0 Å². The average Bonchev–Trinajstić information content (AvgIpc) is 3.57. The molecule has 0 aromatic heterocycles. The summed E-state index contributed by atoms with van der Waals surface area (Å²) in [5, 5.41) is 23.2. The molecule has 12 nitrogen and oxygen atoms in total. The fourth-order valence-electron chi connectivity index (χ4n) is 8.63. The molecule has 1 aliphatic carbocycles. The van der Waals surface area contributed by atoms with Crippen molar-refractivity contribution in [1.82, 2.24) is 9.21 Å². The van der Waals surface area contributed by atoms with Gasteiger partial charge in [-0.2, -0.15) is 4.31 Å². The third-order valence-electron chi connectivity index (χ3n) is 11.6. The first-order chi connectivity index (χ1) is 26.7. The molecule has 13 heteroatoms. The highest BCUT2D eigenvalue weighted by Gasteiger charge is 2.40. The van der Waals surface area contributed by atoms with E-state index in [2.05, 4.69) is 99.1 Å². The molecule has 0 amide bonds. The molecular formula is C43H48N6O6S. The molecule has 0 bridgehead atoms. The van der Waals surface area contributed by atoms with Crippen molar-refractivity contribution in [2.75, 3.05) is 37.6 Å². The van der Waals surface area contributed by atoms with Crippen LogP contribution in [0.25, 0.3) is 0 Å². The number of nitrogens with zero attached hydrogens (tertiary/aromatic N) is 6. The number of nitro benzene ring substituents is 2. The first-order valence-electron chi connectivity index (χ1n) is 19.2. The van der Waals surface area contributed by atoms with Crippen LogP contribution in [0.4, 0.5) is 22.7 Å². The Morgan fingerprint density at radius 3 is 2.20 bits per heavy atom. The molecule has 1 fully saturated rings. The summed E-state index contributed by atoms with van der Waals surface area (Å²) in [5.74, 6) is 0. The van der Waals surface area contributed by atoms with E-state index in [0.29, 0.717) is 19.2 Å². The highest BCUT2D eigenvalue weighted by Crippen LogP contribution is 2.48. The Morgan fingerprint density at radius 2 is 1.52 bits per heavy atom. The molecule has 3 aromatic rings. The van der Waals surface area contributed by atoms with Crippen LogP contribution in [0, 0.1) is 20.2 Å². The van der Waals surface area contributed by atoms with E-state index in [1.807, 2.05) is 18.2 Å². The summed E-state index contributed by atoms with van der Waals surface area (Å²) in [4.78, 5) is 30.7. The lowest BCUT2D eigenvalue weighted by Gasteiger charge is -2.39. The molecule has 0 atom stereocenters. The molecule has 3 aliphatic heterocycles. The van der Waals surface area contributed by atoms with Crippen molar-refractivity contribution in [2.45, 2.75) is 76.0 Å². The van der Waals surface area contributed by atoms with Crippen molar-refractivity contribution in [3.05, 3.63) is 145 Å². The highest BCUT2D eigenvalue weighted by atomic mass is 32.2. The Bertz CT molecular complexity index is 2370. The predicted molar refractivity (Wildman–Crippen MR) is 220 cm³/mol. The minimum Gasteiger partial charge on any atom is -0.368 e. The molecule has 3 heterocycles. The number of rotatable bonds is 10. The maximum Gasteiger partial charge on any atom is 0.296 e. The highest BCUT2D eigenvalue weighted by molar-refractivity contribution is 7.89. The van der Waals surface area contributed by atoms with E-state index in [1.165, 1.54) is 32.4 Å². The lowest BCUT2D eigenvalue weighted by atomic mass is 9.81. The second kappa shape index (κ2) is 14.9. The van der Waals surface area contributed by atoms with E-state index >= 15 is 0 Å². The number of piperazine rings is 1. The van der Waals surface area contributed by atoms with Gasteiger partial charge in [0.05, 0.1) is 27.3 Å². The first-order valence-corrected chi connectivity index (χ1v) is 20.7. The molecule has 56 heavy (non-hydrogen) atoms. The van der Waals surface area contributed by atoms with Crippen LogP contribution >= 0.6 is 0 Å². The number of para-hydroxylation sites is 2. The quantitative estimate of drug-likeness (QED) is 0.147. The van der Waals surface area contributed by atoms with Crippen LogP contribution in [-0.2, 0) is 20.9 Å². The minimum atomic E-state index is -4.33. The number of allylic oxidation sites excluding steroid dienone is 7. The largest absolute Gasteiger partial charge is 0.368 e. The van der Waals surface area contributed by atoms with Gasteiger partial charge in [-0.1, -0.05) is 83.2 Å². The molecule has 7 rings (SSSR count). The second-order valence-electron chi connectivity index (χ2n) is 15.8. The number of fused-ring (bicyclic) bond motifs is 2. The predicted octanol–water partition coefficient (Wildman–Crippen LogP) is 8.89. The molecule has 0 spiro atoms. The Labute approximate surface area is 328 Å². The minimum absolute atomic E-state index is 0.0903. The fourth-order valence-corrected chi connectivity index (χ4v) is 10.2. The third-order valence-corrected chi connectivity index (χ3v) is 13.6. The van der Waals surface area contributed by atoms with E-state index < -0.39 is 36.1 Å². The standard InChI is InChI=1S/C43H48N6O6S/c1-6-24-47-36-17-10-8-15-34(36)43(4,5)40(47)23-19-31-13-11-12-30(18-22-39-42(2,3)33-14-7-9-16-35(33)44-39)41(31)45-25-27-46(28-26-45)56(54,55)38-21-20-32(48(50)51)29-37(38)49(52)53/h7-10,14-23,29H,6,11-13,24-28H2,1-5H3/b22-18+,31-19+,40-23+. The van der Waals surface area contributed by atoms with Crippen LogP contribution in [0.3, 0.4) is 0 Å². The van der Waals surface area contributed by atoms with Crippen molar-refractivity contribution in [1.29, 1.82) is 0 Å². The molecule has 0 N–H and O–H groups in total. The Hall–Kier alpha value is -5.40. The number of aliphatic imine (C=N–C) groups is 1. The summed E-state index contributed by atoms with van der Waals surface area (Å²) in [6.07, 6.45) is 12.5. The lowest BCUT2D eigenvalue weighted by Crippen LogP contribution is -2.48. The summed E-state index contributed by atoms with van der Waals surface area (Å²) >= 11 is 0. The number of hydrogen-bond acceptors (Lipinski definition) is 9. The van der Waals surface area contributed by atoms with Gasteiger partial charge < -0.3 is 9.80 Å². The topological polar surface area (TPSA) is 142 Å². The number of sulfonamides is 1. The summed E-state index contributed by atoms with van der Waals surface area (Å²) < 4.78 is 29.0. The number of anilines is 1. The van der Waals surface area contributed by atoms with Crippen LogP contribution in [0.5, 0.6) is 0 Å². The second-order valence-corrected chi connectivity index (χ2v) is 17.7. The normalized spacial score (nSPS) is 20.8. The summed E-state index contributed by atoms with van der Waals surface area (Å²) in [5.41, 5.74) is 8.48. The first kappa shape index (κ1) is 38.9. The lowest BCUT2D eigenvalue weighted by molar-refractivity contribution is -0.396. The van der Waals surface area contributed by atoms with E-state index in [-0.39, 0.29) is 23.9 Å². The molecule has 0 saturated carbocycles. The van der Waals surface area contributed by atoms with Gasteiger partial charge in [0.25, 0.3) is 11.4 Å². The summed E-state index contributed by atoms with van der Waals surface area (Å²) in [6, 6.07) is 19.5. The van der Waals surface area contributed by atoms with Crippen molar-refractivity contribution in [3.8, 4) is 0 Å². The average molecular weight is 777 g/mol. The SMILES string of the molecule is CCCN1/C(=C/C=C2\CCCC(/C=C/C3=Nc4ccccc4C3(C)C)=C2N2CCN(S(=O)(=O)c3ccc([N+](=O)[O-])cc3[N+](=O)[O-])CC2)C(C)(C)c2ccccc21. The monoisotopic (exact) mass is 776 g/mol. The van der Waals surface area contributed by atoms with Crippen LogP contribution in [0.1, 0.15) is 71.4 Å². The smallest absolute Gasteiger partial charge is 0.296 e. The Balaban J connectivity index is 1.25. The van der Waals surface area contributed by atoms with Crippen molar-refractivity contribution >= 4 is 38.5 Å². The van der Waals surface area contributed by atoms with Crippen molar-refractivity contribution in [2.24, 2.45) is 4.99 Å². The Kier molecular flexibility index (Phi) is 10.4. The molecule has 3 aromatic carbocycles. The molecular weight excluding hydrogens is 729 g/mol. The van der Waals surface area contributed by atoms with Crippen molar-refractivity contribution < 1.29 is 18.3 Å². The van der Waals surface area contributed by atoms with Gasteiger partial charge in [-0.3, -0.25) is 25.2 Å². The fraction of sp³-hybridized carbons (Fsp3) is 0.372. The number of benzene rings is 3. The summed E-state index contributed by atoms with van der Waals surface area (Å²) in [6.45, 7) is 12.9. The van der Waals surface area contributed by atoms with Gasteiger partial charge in [0.2, 0.25) is 10.0 Å². The van der Waals surface area contributed by atoms with Crippen LogP contribution in [0.2, 0.25) is 0 Å². The van der Waals surface area contributed by atoms with Crippen LogP contribution in [0.15, 0.2) is 123 Å². The molecule has 1 saturated heterocycles. The van der Waals surface area contributed by atoms with Crippen LogP contribution < -0.4 is 4.90 Å². The molecule has 292 valence electrons. The zero-order chi connectivity index (χ0) is 40.0. The third kappa shape index (κ3) is 6.87. The van der Waals surface area contributed by atoms with Crippen LogP contribution in [-0.4, -0.2) is 65.9 Å². The number of non-ortho nitro benzene ring substituents is 1. The summed E-state index contributed by atoms with van der Waals surface area (Å²) in [7, 11) is -4.33. The van der Waals surface area contributed by atoms with Crippen molar-refractivity contribution in [3.63, 3.8) is 0 Å². The van der Waals surface area contributed by atoms with E-state index in [0.717, 1.165) is 67.0 Å². The molecule has 4 aliphatic rings. The molecule has 0 unspecified atom stereocenters. The zero-order valence-corrected chi connectivity index (χ0v) is 33.4. The van der Waals surface area contributed by atoms with Gasteiger partial charge in [0.15, 0.2) is 4.90 Å². The number of nitro groups is 2. The van der Waals surface area contributed by atoms with Gasteiger partial charge >= 0.3 is 0 Å². The van der Waals surface area contributed by atoms with Gasteiger partial charge in [0, 0.05) is 66.7 Å². The maximum atomic E-state index is 13.9. The van der Waals surface area contributed by atoms with Gasteiger partial charge in [-0.25, -0.2) is 8.42 Å². The van der Waals surface area contributed by atoms with Gasteiger partial charge in [0.1, 0.15) is 0 Å². The van der Waals surface area contributed by atoms with E-state index in [4.69, 9.17) is 4.99 Å². The Morgan fingerprint density at radius 1 is 0.821 bits per heavy atom. The van der Waals surface area contributed by atoms with Gasteiger partial charge in [-0.05, 0) is 78.3 Å². The maximum absolute atomic E-state index is 13.9. The number of hydrogen-bond donors (Lipinski definition) is 0. The van der Waals surface area contributed by atoms with Gasteiger partial charge in [-0.15, -0.1) is 0 Å².